The molecule has 0 bridgehead atoms. The summed E-state index contributed by atoms with van der Waals surface area (Å²) in [5.41, 5.74) is 5.41. The lowest BCUT2D eigenvalue weighted by Gasteiger charge is -2.04. The number of carbonyl (C=O) groups excluding carboxylic acids is 1. The zero-order valence-corrected chi connectivity index (χ0v) is 5.98. The third kappa shape index (κ3) is 4.12. The van der Waals surface area contributed by atoms with E-state index in [1.165, 1.54) is 6.92 Å². The molecule has 3 nitrogen and oxygen atoms in total. The van der Waals surface area contributed by atoms with Gasteiger partial charge in [0.1, 0.15) is 5.78 Å². The van der Waals surface area contributed by atoms with Gasteiger partial charge in [0.25, 0.3) is 0 Å². The zero-order chi connectivity index (χ0) is 7.28. The summed E-state index contributed by atoms with van der Waals surface area (Å²) >= 11 is 0. The third-order valence-electron chi connectivity index (χ3n) is 1.23. The fourth-order valence-corrected chi connectivity index (χ4v) is 0.503. The van der Waals surface area contributed by atoms with Gasteiger partial charge in [-0.3, -0.25) is 4.79 Å². The van der Waals surface area contributed by atoms with Crippen LogP contribution in [0.2, 0.25) is 0 Å². The summed E-state index contributed by atoms with van der Waals surface area (Å²) in [6, 6.07) is -0.280. The van der Waals surface area contributed by atoms with Gasteiger partial charge in [-0.15, -0.1) is 0 Å². The van der Waals surface area contributed by atoms with Crippen LogP contribution in [0.3, 0.4) is 0 Å². The molecule has 0 fully saturated rings. The van der Waals surface area contributed by atoms with E-state index in [1.807, 2.05) is 7.05 Å². The van der Waals surface area contributed by atoms with Crippen molar-refractivity contribution in [1.29, 1.82) is 0 Å². The first-order valence-corrected chi connectivity index (χ1v) is 3.09. The van der Waals surface area contributed by atoms with E-state index in [0.717, 1.165) is 13.0 Å². The van der Waals surface area contributed by atoms with Gasteiger partial charge < -0.3 is 11.1 Å². The van der Waals surface area contributed by atoms with E-state index in [1.54, 1.807) is 0 Å². The topological polar surface area (TPSA) is 55.1 Å². The average Bonchev–Trinajstić information content (AvgIpc) is 1.82. The Morgan fingerprint density at radius 3 is 2.67 bits per heavy atom. The lowest BCUT2D eigenvalue weighted by molar-refractivity contribution is -0.118. The Balaban J connectivity index is 3.27. The number of nitrogens with two attached hydrogens (primary N) is 1. The van der Waals surface area contributed by atoms with Gasteiger partial charge in [-0.05, 0) is 26.9 Å². The highest BCUT2D eigenvalue weighted by molar-refractivity contribution is 5.81. The van der Waals surface area contributed by atoms with E-state index in [0.29, 0.717) is 0 Å². The molecule has 0 amide bonds. The molecule has 0 rings (SSSR count). The molecule has 0 saturated carbocycles. The van der Waals surface area contributed by atoms with Gasteiger partial charge in [-0.2, -0.15) is 0 Å². The van der Waals surface area contributed by atoms with Crippen molar-refractivity contribution >= 4 is 5.78 Å². The first-order chi connectivity index (χ1) is 4.18. The van der Waals surface area contributed by atoms with Crippen LogP contribution in [0.4, 0.5) is 0 Å². The second-order valence-corrected chi connectivity index (χ2v) is 2.11. The molecule has 0 radical (unpaired) electrons. The molecule has 54 valence electrons. The average molecular weight is 130 g/mol. The number of hydrogen-bond donors (Lipinski definition) is 2. The van der Waals surface area contributed by atoms with Crippen molar-refractivity contribution < 1.29 is 4.79 Å². The summed E-state index contributed by atoms with van der Waals surface area (Å²) in [5.74, 6) is 0.0604. The van der Waals surface area contributed by atoms with Gasteiger partial charge >= 0.3 is 0 Å². The molecule has 3 heteroatoms. The van der Waals surface area contributed by atoms with Crippen molar-refractivity contribution in [3.8, 4) is 0 Å². The minimum Gasteiger partial charge on any atom is -0.321 e. The molecule has 0 spiro atoms. The number of hydrogen-bond acceptors (Lipinski definition) is 3. The van der Waals surface area contributed by atoms with Crippen LogP contribution in [0, 0.1) is 0 Å². The van der Waals surface area contributed by atoms with E-state index in [2.05, 4.69) is 5.32 Å². The number of rotatable bonds is 4. The van der Waals surface area contributed by atoms with Gasteiger partial charge in [0.05, 0.1) is 6.04 Å². The monoisotopic (exact) mass is 130 g/mol. The number of Topliss-reactive ketones (excluding diaryl/α,β-unsaturated/α-hetero) is 1. The van der Waals surface area contributed by atoms with Crippen molar-refractivity contribution in [2.45, 2.75) is 19.4 Å². The quantitative estimate of drug-likeness (QED) is 0.540. The molecule has 0 heterocycles. The smallest absolute Gasteiger partial charge is 0.146 e. The second-order valence-electron chi connectivity index (χ2n) is 2.11. The van der Waals surface area contributed by atoms with Gasteiger partial charge in [0.2, 0.25) is 0 Å². The maximum absolute atomic E-state index is 10.5. The minimum absolute atomic E-state index is 0.0604. The molecule has 0 saturated heterocycles. The van der Waals surface area contributed by atoms with Gasteiger partial charge in [-0.25, -0.2) is 0 Å². The highest BCUT2D eigenvalue weighted by Crippen LogP contribution is 1.85. The summed E-state index contributed by atoms with van der Waals surface area (Å²) in [6.45, 7) is 2.32. The molecule has 9 heavy (non-hydrogen) atoms. The van der Waals surface area contributed by atoms with Crippen molar-refractivity contribution in [1.82, 2.24) is 5.32 Å². The lowest BCUT2D eigenvalue weighted by atomic mass is 10.1. The van der Waals surface area contributed by atoms with E-state index in [9.17, 15) is 4.79 Å². The van der Waals surface area contributed by atoms with Crippen LogP contribution in [0.5, 0.6) is 0 Å². The normalized spacial score (nSPS) is 13.2. The first kappa shape index (κ1) is 8.59. The lowest BCUT2D eigenvalue weighted by Crippen LogP contribution is -2.31. The van der Waals surface area contributed by atoms with Crippen LogP contribution in [-0.2, 0) is 4.79 Å². The van der Waals surface area contributed by atoms with E-state index < -0.39 is 0 Å². The molecule has 0 aliphatic heterocycles. The molecule has 0 unspecified atom stereocenters. The Bertz CT molecular complexity index is 93.1. The third-order valence-corrected chi connectivity index (χ3v) is 1.23. The van der Waals surface area contributed by atoms with Gasteiger partial charge in [0, 0.05) is 0 Å². The summed E-state index contributed by atoms with van der Waals surface area (Å²) in [5, 5.41) is 2.92. The highest BCUT2D eigenvalue weighted by Gasteiger charge is 2.05. The molecule has 0 aromatic carbocycles. The summed E-state index contributed by atoms with van der Waals surface area (Å²) in [7, 11) is 1.84. The Hall–Kier alpha value is -0.410. The Morgan fingerprint density at radius 2 is 2.33 bits per heavy atom. The SMILES string of the molecule is CNCC[C@H](N)C(C)=O. The molecule has 0 aliphatic carbocycles. The van der Waals surface area contributed by atoms with E-state index >= 15 is 0 Å². The largest absolute Gasteiger partial charge is 0.321 e. The molecule has 0 aliphatic rings. The van der Waals surface area contributed by atoms with Crippen molar-refractivity contribution in [3.63, 3.8) is 0 Å². The Morgan fingerprint density at radius 1 is 1.78 bits per heavy atom. The Kier molecular flexibility index (Phi) is 4.26. The number of carbonyl (C=O) groups is 1. The van der Waals surface area contributed by atoms with Crippen molar-refractivity contribution in [2.75, 3.05) is 13.6 Å². The van der Waals surface area contributed by atoms with Crippen LogP contribution >= 0.6 is 0 Å². The van der Waals surface area contributed by atoms with Crippen LogP contribution in [0.25, 0.3) is 0 Å². The molecule has 0 aromatic heterocycles. The zero-order valence-electron chi connectivity index (χ0n) is 5.98. The van der Waals surface area contributed by atoms with Crippen LogP contribution < -0.4 is 11.1 Å². The second kappa shape index (κ2) is 4.47. The Labute approximate surface area is 55.6 Å². The molecular formula is C6H14N2O. The van der Waals surface area contributed by atoms with Gasteiger partial charge in [0.15, 0.2) is 0 Å². The number of ketones is 1. The molecular weight excluding hydrogens is 116 g/mol. The predicted octanol–water partition coefficient (Wildman–Crippen LogP) is -0.488. The van der Waals surface area contributed by atoms with Gasteiger partial charge in [-0.1, -0.05) is 0 Å². The maximum atomic E-state index is 10.5. The highest BCUT2D eigenvalue weighted by atomic mass is 16.1. The number of nitrogens with one attached hydrogen (secondary N) is 1. The maximum Gasteiger partial charge on any atom is 0.146 e. The van der Waals surface area contributed by atoms with Crippen molar-refractivity contribution in [2.24, 2.45) is 5.73 Å². The van der Waals surface area contributed by atoms with E-state index in [-0.39, 0.29) is 11.8 Å². The van der Waals surface area contributed by atoms with E-state index in [4.69, 9.17) is 5.73 Å². The van der Waals surface area contributed by atoms with Crippen LogP contribution in [0.1, 0.15) is 13.3 Å². The summed E-state index contributed by atoms with van der Waals surface area (Å²) < 4.78 is 0. The van der Waals surface area contributed by atoms with Crippen LogP contribution in [0.15, 0.2) is 0 Å². The molecule has 0 aromatic rings. The fraction of sp³-hybridized carbons (Fsp3) is 0.833. The van der Waals surface area contributed by atoms with Crippen LogP contribution in [-0.4, -0.2) is 25.4 Å². The predicted molar refractivity (Wildman–Crippen MR) is 37.2 cm³/mol. The first-order valence-electron chi connectivity index (χ1n) is 3.09. The van der Waals surface area contributed by atoms with Crippen molar-refractivity contribution in [3.05, 3.63) is 0 Å². The fourth-order valence-electron chi connectivity index (χ4n) is 0.503. The minimum atomic E-state index is -0.280. The molecule has 3 N–H and O–H groups in total. The summed E-state index contributed by atoms with van der Waals surface area (Å²) in [6.07, 6.45) is 0.728. The molecule has 1 atom stereocenters. The standard InChI is InChI=1S/C6H14N2O/c1-5(9)6(7)3-4-8-2/h6,8H,3-4,7H2,1-2H3/t6-/m0/s1. The summed E-state index contributed by atoms with van der Waals surface area (Å²) in [4.78, 5) is 10.5.